The lowest BCUT2D eigenvalue weighted by molar-refractivity contribution is -0.143. The maximum atomic E-state index is 11.5. The van der Waals surface area contributed by atoms with Crippen molar-refractivity contribution >= 4 is 41.8 Å². The molecular weight excluding hydrogens is 471 g/mol. The molecule has 1 aliphatic heterocycles. The van der Waals surface area contributed by atoms with Crippen LogP contribution >= 0.6 is 24.0 Å². The molecule has 1 amide bonds. The van der Waals surface area contributed by atoms with Crippen molar-refractivity contribution in [3.63, 3.8) is 0 Å². The van der Waals surface area contributed by atoms with Crippen molar-refractivity contribution in [1.29, 1.82) is 0 Å². The van der Waals surface area contributed by atoms with E-state index in [1.54, 1.807) is 7.05 Å². The largest absolute Gasteiger partial charge is 0.466 e. The zero-order valence-corrected chi connectivity index (χ0v) is 20.1. The number of unbranched alkanes of at least 4 members (excludes halogenated alkanes) is 3. The molecule has 0 saturated carbocycles. The molecule has 1 heterocycles. The summed E-state index contributed by atoms with van der Waals surface area (Å²) in [7, 11) is 1.70. The molecule has 0 atom stereocenters. The third kappa shape index (κ3) is 11.7. The second-order valence-electron chi connectivity index (χ2n) is 7.01. The van der Waals surface area contributed by atoms with E-state index in [1.165, 1.54) is 0 Å². The van der Waals surface area contributed by atoms with E-state index in [0.717, 1.165) is 70.7 Å². The Morgan fingerprint density at radius 2 is 1.79 bits per heavy atom. The Bertz CT molecular complexity index is 466. The fraction of sp³-hybridized carbons (Fsp3) is 0.850. The molecule has 0 radical (unpaired) electrons. The Hall–Kier alpha value is -1.06. The van der Waals surface area contributed by atoms with Crippen molar-refractivity contribution < 1.29 is 14.3 Å². The van der Waals surface area contributed by atoms with Gasteiger partial charge in [-0.1, -0.05) is 12.8 Å². The molecule has 0 spiro atoms. The van der Waals surface area contributed by atoms with Crippen LogP contribution in [0.15, 0.2) is 4.99 Å². The van der Waals surface area contributed by atoms with Gasteiger partial charge in [0.25, 0.3) is 0 Å². The highest BCUT2D eigenvalue weighted by molar-refractivity contribution is 14.0. The van der Waals surface area contributed by atoms with Crippen LogP contribution in [0.3, 0.4) is 0 Å². The van der Waals surface area contributed by atoms with E-state index < -0.39 is 0 Å². The van der Waals surface area contributed by atoms with E-state index in [9.17, 15) is 9.59 Å². The van der Waals surface area contributed by atoms with Crippen LogP contribution in [0.25, 0.3) is 0 Å². The molecule has 0 aliphatic carbocycles. The molecule has 0 aromatic carbocycles. The summed E-state index contributed by atoms with van der Waals surface area (Å²) >= 11 is 0. The van der Waals surface area contributed by atoms with Crippen molar-refractivity contribution in [2.24, 2.45) is 10.9 Å². The number of carbonyl (C=O) groups excluding carboxylic acids is 2. The van der Waals surface area contributed by atoms with E-state index in [4.69, 9.17) is 9.73 Å². The average molecular weight is 510 g/mol. The molecule has 2 N–H and O–H groups in total. The van der Waals surface area contributed by atoms with Crippen molar-refractivity contribution in [3.8, 4) is 0 Å². The second kappa shape index (κ2) is 16.9. The molecular formula is C20H39IN4O3. The molecule has 7 nitrogen and oxygen atoms in total. The normalized spacial score (nSPS) is 15.0. The number of halogens is 1. The first-order chi connectivity index (χ1) is 13.1. The smallest absolute Gasteiger partial charge is 0.305 e. The lowest BCUT2D eigenvalue weighted by atomic mass is 9.93. The number of rotatable bonds is 11. The van der Waals surface area contributed by atoms with Crippen LogP contribution in [0.2, 0.25) is 0 Å². The summed E-state index contributed by atoms with van der Waals surface area (Å²) in [5.74, 6) is 1.51. The Labute approximate surface area is 187 Å². The van der Waals surface area contributed by atoms with Gasteiger partial charge in [0.05, 0.1) is 6.61 Å². The number of amides is 1. The first-order valence-electron chi connectivity index (χ1n) is 10.5. The summed E-state index contributed by atoms with van der Waals surface area (Å²) in [6.07, 6.45) is 7.25. The van der Waals surface area contributed by atoms with Crippen molar-refractivity contribution in [2.75, 3.05) is 39.8 Å². The molecule has 0 bridgehead atoms. The van der Waals surface area contributed by atoms with Gasteiger partial charge in [-0.15, -0.1) is 24.0 Å². The molecule has 28 heavy (non-hydrogen) atoms. The van der Waals surface area contributed by atoms with Crippen molar-refractivity contribution in [1.82, 2.24) is 15.5 Å². The summed E-state index contributed by atoms with van der Waals surface area (Å²) in [6.45, 7) is 7.95. The third-order valence-corrected chi connectivity index (χ3v) is 4.86. The van der Waals surface area contributed by atoms with Gasteiger partial charge in [-0.05, 0) is 45.4 Å². The third-order valence-electron chi connectivity index (χ3n) is 4.86. The lowest BCUT2D eigenvalue weighted by Crippen LogP contribution is -2.46. The highest BCUT2D eigenvalue weighted by Gasteiger charge is 2.22. The molecule has 0 unspecified atom stereocenters. The van der Waals surface area contributed by atoms with Crippen molar-refractivity contribution in [3.05, 3.63) is 0 Å². The molecule has 8 heteroatoms. The first kappa shape index (κ1) is 26.9. The number of nitrogens with one attached hydrogen (secondary N) is 2. The molecule has 1 aliphatic rings. The number of hydrogen-bond acceptors (Lipinski definition) is 4. The number of aliphatic imine (C=N–C) groups is 1. The lowest BCUT2D eigenvalue weighted by Gasteiger charge is -2.34. The number of piperidine rings is 1. The predicted molar refractivity (Wildman–Crippen MR) is 124 cm³/mol. The zero-order chi connectivity index (χ0) is 19.9. The summed E-state index contributed by atoms with van der Waals surface area (Å²) in [5, 5.41) is 6.10. The second-order valence-corrected chi connectivity index (χ2v) is 7.01. The maximum Gasteiger partial charge on any atom is 0.305 e. The summed E-state index contributed by atoms with van der Waals surface area (Å²) in [4.78, 5) is 29.9. The van der Waals surface area contributed by atoms with E-state index in [-0.39, 0.29) is 35.9 Å². The number of guanidine groups is 1. The van der Waals surface area contributed by atoms with Crippen LogP contribution in [0, 0.1) is 5.92 Å². The van der Waals surface area contributed by atoms with Gasteiger partial charge in [0.1, 0.15) is 0 Å². The molecule has 1 rings (SSSR count). The van der Waals surface area contributed by atoms with Gasteiger partial charge < -0.3 is 20.3 Å². The number of ether oxygens (including phenoxy) is 1. The van der Waals surface area contributed by atoms with E-state index in [0.29, 0.717) is 25.4 Å². The van der Waals surface area contributed by atoms with Gasteiger partial charge in [-0.2, -0.15) is 0 Å². The monoisotopic (exact) mass is 510 g/mol. The number of likely N-dealkylation sites (tertiary alicyclic amines) is 1. The maximum absolute atomic E-state index is 11.5. The number of carbonyl (C=O) groups is 2. The van der Waals surface area contributed by atoms with E-state index in [2.05, 4.69) is 22.5 Å². The molecule has 1 fully saturated rings. The predicted octanol–water partition coefficient (Wildman–Crippen LogP) is 2.93. The zero-order valence-electron chi connectivity index (χ0n) is 17.8. The van der Waals surface area contributed by atoms with Crippen molar-refractivity contribution in [2.45, 2.75) is 65.2 Å². The van der Waals surface area contributed by atoms with Crippen LogP contribution in [-0.4, -0.2) is 62.6 Å². The van der Waals surface area contributed by atoms with Crippen LogP contribution in [0.5, 0.6) is 0 Å². The minimum Gasteiger partial charge on any atom is -0.466 e. The first-order valence-corrected chi connectivity index (χ1v) is 10.5. The Morgan fingerprint density at radius 1 is 1.11 bits per heavy atom. The van der Waals surface area contributed by atoms with Gasteiger partial charge in [0.2, 0.25) is 5.91 Å². The average Bonchev–Trinajstić information content (AvgIpc) is 2.67. The van der Waals surface area contributed by atoms with Crippen LogP contribution in [0.1, 0.15) is 65.2 Å². The molecule has 0 aromatic rings. The fourth-order valence-corrected chi connectivity index (χ4v) is 3.29. The molecule has 1 saturated heterocycles. The summed E-state index contributed by atoms with van der Waals surface area (Å²) < 4.78 is 4.93. The number of nitrogens with zero attached hydrogens (tertiary/aromatic N) is 2. The fourth-order valence-electron chi connectivity index (χ4n) is 3.29. The number of hydrogen-bond donors (Lipinski definition) is 2. The minimum absolute atomic E-state index is 0. The Balaban J connectivity index is 0.00000729. The van der Waals surface area contributed by atoms with Gasteiger partial charge in [0, 0.05) is 46.1 Å². The van der Waals surface area contributed by atoms with Gasteiger partial charge in [-0.25, -0.2) is 0 Å². The van der Waals surface area contributed by atoms with Gasteiger partial charge in [-0.3, -0.25) is 14.6 Å². The number of esters is 1. The van der Waals surface area contributed by atoms with Crippen LogP contribution in [0.4, 0.5) is 0 Å². The van der Waals surface area contributed by atoms with E-state index in [1.807, 2.05) is 6.92 Å². The van der Waals surface area contributed by atoms with Crippen LogP contribution < -0.4 is 10.6 Å². The highest BCUT2D eigenvalue weighted by atomic mass is 127. The topological polar surface area (TPSA) is 83.0 Å². The van der Waals surface area contributed by atoms with E-state index >= 15 is 0 Å². The Kier molecular flexibility index (Phi) is 16.2. The Morgan fingerprint density at radius 3 is 2.39 bits per heavy atom. The molecule has 0 aromatic heterocycles. The van der Waals surface area contributed by atoms with Gasteiger partial charge >= 0.3 is 5.97 Å². The SMILES string of the molecule is CCNC(=NCCCCCCC(=O)OCC)N1CCC(CC(=O)NC)CC1.I. The highest BCUT2D eigenvalue weighted by Crippen LogP contribution is 2.20. The minimum atomic E-state index is -0.0928. The molecule has 164 valence electrons. The summed E-state index contributed by atoms with van der Waals surface area (Å²) in [5.41, 5.74) is 0. The van der Waals surface area contributed by atoms with Gasteiger partial charge in [0.15, 0.2) is 5.96 Å². The van der Waals surface area contributed by atoms with Crippen LogP contribution in [-0.2, 0) is 14.3 Å². The standard InChI is InChI=1S/C20H38N4O3.HI/c1-4-22-20(23-13-9-7-6-8-10-19(26)27-5-2)24-14-11-17(12-15-24)16-18(25)21-3;/h17H,4-16H2,1-3H3,(H,21,25)(H,22,23);1H. The summed E-state index contributed by atoms with van der Waals surface area (Å²) in [6, 6.07) is 0. The quantitative estimate of drug-likeness (QED) is 0.147.